The maximum atomic E-state index is 12.4. The summed E-state index contributed by atoms with van der Waals surface area (Å²) in [5.41, 5.74) is 1.42. The highest BCUT2D eigenvalue weighted by Crippen LogP contribution is 2.27. The number of rotatable bonds is 6. The molecule has 7 heteroatoms. The first-order valence-corrected chi connectivity index (χ1v) is 8.64. The SMILES string of the molecule is COCCOC(=O)c1sc2nc(Cc3ccccc3)[nH]c(=O)c2c1C. The zero-order chi connectivity index (χ0) is 17.8. The Morgan fingerprint density at radius 2 is 2.00 bits per heavy atom. The second-order valence-corrected chi connectivity index (χ2v) is 6.54. The van der Waals surface area contributed by atoms with Crippen LogP contribution in [-0.2, 0) is 15.9 Å². The van der Waals surface area contributed by atoms with Crippen molar-refractivity contribution < 1.29 is 14.3 Å². The molecule has 0 amide bonds. The number of esters is 1. The monoisotopic (exact) mass is 358 g/mol. The van der Waals surface area contributed by atoms with E-state index in [0.29, 0.717) is 39.5 Å². The summed E-state index contributed by atoms with van der Waals surface area (Å²) in [6.07, 6.45) is 0.524. The van der Waals surface area contributed by atoms with Crippen molar-refractivity contribution in [1.82, 2.24) is 9.97 Å². The number of hydrogen-bond donors (Lipinski definition) is 1. The van der Waals surface area contributed by atoms with E-state index in [9.17, 15) is 9.59 Å². The largest absolute Gasteiger partial charge is 0.459 e. The smallest absolute Gasteiger partial charge is 0.348 e. The molecule has 0 saturated carbocycles. The highest BCUT2D eigenvalue weighted by molar-refractivity contribution is 7.20. The first kappa shape index (κ1) is 17.3. The molecule has 0 atom stereocenters. The van der Waals surface area contributed by atoms with Gasteiger partial charge in [0.25, 0.3) is 5.56 Å². The van der Waals surface area contributed by atoms with Gasteiger partial charge >= 0.3 is 5.97 Å². The number of carbonyl (C=O) groups is 1. The van der Waals surface area contributed by atoms with Crippen molar-refractivity contribution >= 4 is 27.5 Å². The van der Waals surface area contributed by atoms with Crippen LogP contribution in [0.25, 0.3) is 10.2 Å². The van der Waals surface area contributed by atoms with Gasteiger partial charge in [0, 0.05) is 13.5 Å². The fourth-order valence-electron chi connectivity index (χ4n) is 2.54. The second kappa shape index (κ2) is 7.58. The van der Waals surface area contributed by atoms with Crippen LogP contribution in [0.3, 0.4) is 0 Å². The van der Waals surface area contributed by atoms with E-state index in [-0.39, 0.29) is 12.2 Å². The van der Waals surface area contributed by atoms with Crippen LogP contribution in [-0.4, -0.2) is 36.3 Å². The standard InChI is InChI=1S/C18H18N2O4S/c1-11-14-16(21)19-13(10-12-6-4-3-5-7-12)20-17(14)25-15(11)18(22)24-9-8-23-2/h3-7H,8-10H2,1-2H3,(H,19,20,21). The number of carbonyl (C=O) groups excluding carboxylic acids is 1. The summed E-state index contributed by atoms with van der Waals surface area (Å²) < 4.78 is 10.0. The van der Waals surface area contributed by atoms with E-state index < -0.39 is 5.97 Å². The van der Waals surface area contributed by atoms with Gasteiger partial charge in [-0.05, 0) is 18.1 Å². The highest BCUT2D eigenvalue weighted by atomic mass is 32.1. The van der Waals surface area contributed by atoms with E-state index in [1.807, 2.05) is 30.3 Å². The minimum absolute atomic E-state index is 0.173. The van der Waals surface area contributed by atoms with Crippen molar-refractivity contribution in [3.05, 3.63) is 62.5 Å². The Morgan fingerprint density at radius 1 is 1.24 bits per heavy atom. The van der Waals surface area contributed by atoms with E-state index in [2.05, 4.69) is 9.97 Å². The summed E-state index contributed by atoms with van der Waals surface area (Å²) in [7, 11) is 1.54. The summed E-state index contributed by atoms with van der Waals surface area (Å²) in [4.78, 5) is 32.9. The molecular weight excluding hydrogens is 340 g/mol. The molecular formula is C18H18N2O4S. The number of aryl methyl sites for hydroxylation is 1. The van der Waals surface area contributed by atoms with Crippen LogP contribution in [0.5, 0.6) is 0 Å². The lowest BCUT2D eigenvalue weighted by Gasteiger charge is -2.02. The summed E-state index contributed by atoms with van der Waals surface area (Å²) in [5.74, 6) is 0.116. The first-order valence-electron chi connectivity index (χ1n) is 7.82. The van der Waals surface area contributed by atoms with Crippen LogP contribution in [0.4, 0.5) is 0 Å². The van der Waals surface area contributed by atoms with Gasteiger partial charge in [-0.1, -0.05) is 30.3 Å². The van der Waals surface area contributed by atoms with Gasteiger partial charge < -0.3 is 14.5 Å². The number of methoxy groups -OCH3 is 1. The van der Waals surface area contributed by atoms with Crippen molar-refractivity contribution in [3.8, 4) is 0 Å². The molecule has 1 N–H and O–H groups in total. The van der Waals surface area contributed by atoms with Crippen molar-refractivity contribution in [2.45, 2.75) is 13.3 Å². The van der Waals surface area contributed by atoms with Gasteiger partial charge in [-0.3, -0.25) is 4.79 Å². The summed E-state index contributed by atoms with van der Waals surface area (Å²) in [5, 5.41) is 0.445. The summed E-state index contributed by atoms with van der Waals surface area (Å²) in [6, 6.07) is 9.77. The molecule has 0 fully saturated rings. The third-order valence-electron chi connectivity index (χ3n) is 3.77. The van der Waals surface area contributed by atoms with Crippen molar-refractivity contribution in [2.24, 2.45) is 0 Å². The van der Waals surface area contributed by atoms with Crippen LogP contribution in [0.15, 0.2) is 35.1 Å². The van der Waals surface area contributed by atoms with Gasteiger partial charge in [-0.2, -0.15) is 0 Å². The minimum Gasteiger partial charge on any atom is -0.459 e. The summed E-state index contributed by atoms with van der Waals surface area (Å²) in [6.45, 7) is 2.24. The molecule has 0 aliphatic rings. The maximum absolute atomic E-state index is 12.4. The normalized spacial score (nSPS) is 11.0. The second-order valence-electron chi connectivity index (χ2n) is 5.54. The lowest BCUT2D eigenvalue weighted by molar-refractivity contribution is 0.0393. The number of fused-ring (bicyclic) bond motifs is 1. The third kappa shape index (κ3) is 3.78. The Hall–Kier alpha value is -2.51. The van der Waals surface area contributed by atoms with Gasteiger partial charge in [-0.25, -0.2) is 9.78 Å². The average molecular weight is 358 g/mol. The van der Waals surface area contributed by atoms with E-state index in [1.165, 1.54) is 18.4 Å². The van der Waals surface area contributed by atoms with E-state index in [1.54, 1.807) is 6.92 Å². The lowest BCUT2D eigenvalue weighted by Crippen LogP contribution is -2.12. The number of thiophene rings is 1. The molecule has 0 unspecified atom stereocenters. The van der Waals surface area contributed by atoms with Gasteiger partial charge in [-0.15, -0.1) is 11.3 Å². The van der Waals surface area contributed by atoms with Gasteiger partial charge in [0.2, 0.25) is 0 Å². The third-order valence-corrected chi connectivity index (χ3v) is 4.94. The van der Waals surface area contributed by atoms with Crippen molar-refractivity contribution in [1.29, 1.82) is 0 Å². The summed E-state index contributed by atoms with van der Waals surface area (Å²) >= 11 is 1.18. The fraction of sp³-hybridized carbons (Fsp3) is 0.278. The predicted octanol–water partition coefficient (Wildman–Crippen LogP) is 2.69. The molecule has 25 heavy (non-hydrogen) atoms. The molecule has 0 bridgehead atoms. The number of aromatic amines is 1. The van der Waals surface area contributed by atoms with E-state index >= 15 is 0 Å². The first-order chi connectivity index (χ1) is 12.1. The number of nitrogens with one attached hydrogen (secondary N) is 1. The van der Waals surface area contributed by atoms with E-state index in [4.69, 9.17) is 9.47 Å². The Bertz CT molecular complexity index is 947. The number of benzene rings is 1. The molecule has 3 rings (SSSR count). The van der Waals surface area contributed by atoms with Crippen LogP contribution in [0.2, 0.25) is 0 Å². The Morgan fingerprint density at radius 3 is 2.72 bits per heavy atom. The van der Waals surface area contributed by atoms with Gasteiger partial charge in [0.15, 0.2) is 0 Å². The number of nitrogens with zero attached hydrogens (tertiary/aromatic N) is 1. The maximum Gasteiger partial charge on any atom is 0.348 e. The highest BCUT2D eigenvalue weighted by Gasteiger charge is 2.20. The zero-order valence-electron chi connectivity index (χ0n) is 14.0. The molecule has 0 aliphatic heterocycles. The molecule has 0 saturated heterocycles. The van der Waals surface area contributed by atoms with Crippen LogP contribution < -0.4 is 5.56 Å². The number of H-pyrrole nitrogens is 1. The molecule has 2 aromatic heterocycles. The Balaban J connectivity index is 1.93. The van der Waals surface area contributed by atoms with E-state index in [0.717, 1.165) is 5.56 Å². The van der Waals surface area contributed by atoms with Crippen LogP contribution in [0, 0.1) is 6.92 Å². The quantitative estimate of drug-likeness (QED) is 0.541. The van der Waals surface area contributed by atoms with Crippen molar-refractivity contribution in [3.63, 3.8) is 0 Å². The van der Waals surface area contributed by atoms with Crippen LogP contribution in [0.1, 0.15) is 26.6 Å². The number of aromatic nitrogens is 2. The van der Waals surface area contributed by atoms with Crippen molar-refractivity contribution in [2.75, 3.05) is 20.3 Å². The predicted molar refractivity (Wildman–Crippen MR) is 96.4 cm³/mol. The fourth-order valence-corrected chi connectivity index (χ4v) is 3.63. The molecule has 3 aromatic rings. The Kier molecular flexibility index (Phi) is 5.25. The average Bonchev–Trinajstić information content (AvgIpc) is 2.93. The zero-order valence-corrected chi connectivity index (χ0v) is 14.8. The lowest BCUT2D eigenvalue weighted by atomic mass is 10.1. The topological polar surface area (TPSA) is 81.3 Å². The molecule has 0 aliphatic carbocycles. The molecule has 6 nitrogen and oxygen atoms in total. The molecule has 0 spiro atoms. The van der Waals surface area contributed by atoms with Crippen LogP contribution >= 0.6 is 11.3 Å². The molecule has 130 valence electrons. The number of ether oxygens (including phenoxy) is 2. The number of hydrogen-bond acceptors (Lipinski definition) is 6. The molecule has 2 heterocycles. The Labute approximate surface area is 148 Å². The minimum atomic E-state index is -0.457. The molecule has 0 radical (unpaired) electrons. The molecule has 1 aromatic carbocycles. The van der Waals surface area contributed by atoms with Gasteiger partial charge in [0.05, 0.1) is 12.0 Å². The van der Waals surface area contributed by atoms with Gasteiger partial charge in [0.1, 0.15) is 22.1 Å².